The zero-order chi connectivity index (χ0) is 23.7. The van der Waals surface area contributed by atoms with Crippen LogP contribution >= 0.6 is 0 Å². The SMILES string of the molecule is COc1ccc([C@H](NC(=O)c2ccc3cnc(N[C@H](C)C4CC4)nc3c2)[C@H]2CCCN2)cc1F. The number of benzene rings is 2. The fourth-order valence-corrected chi connectivity index (χ4v) is 4.66. The number of carbonyl (C=O) groups is 1. The highest BCUT2D eigenvalue weighted by Crippen LogP contribution is 2.33. The Morgan fingerprint density at radius 3 is 2.76 bits per heavy atom. The Hall–Kier alpha value is -3.26. The molecule has 7 nitrogen and oxygen atoms in total. The molecule has 2 aliphatic rings. The first-order valence-corrected chi connectivity index (χ1v) is 11.9. The monoisotopic (exact) mass is 463 g/mol. The summed E-state index contributed by atoms with van der Waals surface area (Å²) in [5.74, 6) is 0.769. The van der Waals surface area contributed by atoms with Gasteiger partial charge in [-0.3, -0.25) is 4.79 Å². The normalized spacial score (nSPS) is 19.6. The Morgan fingerprint density at radius 2 is 2.06 bits per heavy atom. The van der Waals surface area contributed by atoms with Gasteiger partial charge in [-0.1, -0.05) is 12.1 Å². The van der Waals surface area contributed by atoms with Crippen molar-refractivity contribution in [2.75, 3.05) is 19.0 Å². The van der Waals surface area contributed by atoms with E-state index in [-0.39, 0.29) is 23.7 Å². The molecule has 0 unspecified atom stereocenters. The van der Waals surface area contributed by atoms with Crippen molar-refractivity contribution < 1.29 is 13.9 Å². The van der Waals surface area contributed by atoms with Crippen molar-refractivity contribution in [2.24, 2.45) is 5.92 Å². The van der Waals surface area contributed by atoms with E-state index in [1.54, 1.807) is 30.5 Å². The number of anilines is 1. The summed E-state index contributed by atoms with van der Waals surface area (Å²) >= 11 is 0. The van der Waals surface area contributed by atoms with Crippen molar-refractivity contribution in [1.29, 1.82) is 0 Å². The van der Waals surface area contributed by atoms with Gasteiger partial charge in [-0.05, 0) is 74.9 Å². The fourth-order valence-electron chi connectivity index (χ4n) is 4.66. The number of fused-ring (bicyclic) bond motifs is 1. The summed E-state index contributed by atoms with van der Waals surface area (Å²) in [6.07, 6.45) is 6.16. The molecule has 178 valence electrons. The predicted molar refractivity (Wildman–Crippen MR) is 130 cm³/mol. The Balaban J connectivity index is 1.38. The number of methoxy groups -OCH3 is 1. The molecule has 8 heteroatoms. The maximum absolute atomic E-state index is 14.4. The van der Waals surface area contributed by atoms with Gasteiger partial charge in [0.1, 0.15) is 0 Å². The third kappa shape index (κ3) is 4.82. The van der Waals surface area contributed by atoms with Gasteiger partial charge in [-0.2, -0.15) is 0 Å². The van der Waals surface area contributed by atoms with Crippen LogP contribution in [-0.2, 0) is 0 Å². The molecule has 1 aliphatic heterocycles. The highest BCUT2D eigenvalue weighted by molar-refractivity contribution is 5.98. The lowest BCUT2D eigenvalue weighted by Crippen LogP contribution is -2.41. The lowest BCUT2D eigenvalue weighted by atomic mass is 9.97. The summed E-state index contributed by atoms with van der Waals surface area (Å²) in [4.78, 5) is 22.3. The van der Waals surface area contributed by atoms with Crippen LogP contribution in [0.4, 0.5) is 10.3 Å². The standard InChI is InChI=1S/C26H30FN5O2/c1-15(16-5-6-16)30-26-29-14-19-8-7-18(13-22(19)31-26)25(33)32-24(21-4-3-11-28-21)17-9-10-23(34-2)20(27)12-17/h7-10,12-16,21,24,28H,3-6,11H2,1-2H3,(H,32,33)(H,29,30,31)/t15-,21-,24+/m1/s1. The molecule has 3 N–H and O–H groups in total. The number of nitrogens with one attached hydrogen (secondary N) is 3. The maximum atomic E-state index is 14.4. The molecule has 1 saturated heterocycles. The minimum Gasteiger partial charge on any atom is -0.494 e. The third-order valence-corrected chi connectivity index (χ3v) is 6.85. The highest BCUT2D eigenvalue weighted by atomic mass is 19.1. The molecule has 1 amide bonds. The van der Waals surface area contributed by atoms with Gasteiger partial charge in [0.2, 0.25) is 5.95 Å². The van der Waals surface area contributed by atoms with Crippen LogP contribution in [0.2, 0.25) is 0 Å². The van der Waals surface area contributed by atoms with Crippen LogP contribution in [-0.4, -0.2) is 41.6 Å². The topological polar surface area (TPSA) is 88.2 Å². The number of hydrogen-bond donors (Lipinski definition) is 3. The van der Waals surface area contributed by atoms with E-state index in [0.29, 0.717) is 34.6 Å². The molecule has 2 heterocycles. The number of amides is 1. The van der Waals surface area contributed by atoms with E-state index in [1.165, 1.54) is 26.0 Å². The number of rotatable bonds is 8. The van der Waals surface area contributed by atoms with Crippen molar-refractivity contribution in [2.45, 2.75) is 50.7 Å². The number of nitrogens with zero attached hydrogens (tertiary/aromatic N) is 2. The van der Waals surface area contributed by atoms with Gasteiger partial charge in [-0.25, -0.2) is 14.4 Å². The summed E-state index contributed by atoms with van der Waals surface area (Å²) in [5, 5.41) is 10.8. The van der Waals surface area contributed by atoms with Crippen LogP contribution in [0.3, 0.4) is 0 Å². The molecule has 34 heavy (non-hydrogen) atoms. The number of hydrogen-bond acceptors (Lipinski definition) is 6. The van der Waals surface area contributed by atoms with Gasteiger partial charge >= 0.3 is 0 Å². The van der Waals surface area contributed by atoms with Gasteiger partial charge in [0.25, 0.3) is 5.91 Å². The van der Waals surface area contributed by atoms with E-state index in [0.717, 1.165) is 24.8 Å². The van der Waals surface area contributed by atoms with E-state index in [2.05, 4.69) is 32.8 Å². The zero-order valence-electron chi connectivity index (χ0n) is 19.5. The van der Waals surface area contributed by atoms with Crippen molar-refractivity contribution in [3.63, 3.8) is 0 Å². The van der Waals surface area contributed by atoms with Gasteiger partial charge < -0.3 is 20.7 Å². The molecule has 5 rings (SSSR count). The zero-order valence-corrected chi connectivity index (χ0v) is 19.5. The van der Waals surface area contributed by atoms with Gasteiger partial charge in [-0.15, -0.1) is 0 Å². The third-order valence-electron chi connectivity index (χ3n) is 6.85. The molecule has 1 aromatic heterocycles. The van der Waals surface area contributed by atoms with E-state index in [4.69, 9.17) is 4.74 Å². The molecule has 1 saturated carbocycles. The predicted octanol–water partition coefficient (Wildman–Crippen LogP) is 4.21. The number of carbonyl (C=O) groups excluding carboxylic acids is 1. The summed E-state index contributed by atoms with van der Waals surface area (Å²) in [5.41, 5.74) is 1.92. The van der Waals surface area contributed by atoms with Gasteiger partial charge in [0.15, 0.2) is 11.6 Å². The van der Waals surface area contributed by atoms with Gasteiger partial charge in [0, 0.05) is 29.2 Å². The average molecular weight is 464 g/mol. The van der Waals surface area contributed by atoms with Crippen LogP contribution in [0.1, 0.15) is 54.6 Å². The minimum absolute atomic E-state index is 0.0271. The highest BCUT2D eigenvalue weighted by Gasteiger charge is 2.29. The lowest BCUT2D eigenvalue weighted by molar-refractivity contribution is 0.0928. The second-order valence-corrected chi connectivity index (χ2v) is 9.29. The van der Waals surface area contributed by atoms with Gasteiger partial charge in [0.05, 0.1) is 18.7 Å². The summed E-state index contributed by atoms with van der Waals surface area (Å²) in [7, 11) is 1.44. The molecule has 2 fully saturated rings. The number of aromatic nitrogens is 2. The van der Waals surface area contributed by atoms with E-state index in [9.17, 15) is 9.18 Å². The molecular formula is C26H30FN5O2. The molecular weight excluding hydrogens is 433 g/mol. The first-order valence-electron chi connectivity index (χ1n) is 11.9. The second kappa shape index (κ2) is 9.54. The molecule has 0 bridgehead atoms. The Labute approximate surface area is 198 Å². The molecule has 1 aliphatic carbocycles. The molecule has 0 spiro atoms. The maximum Gasteiger partial charge on any atom is 0.251 e. The summed E-state index contributed by atoms with van der Waals surface area (Å²) in [6.45, 7) is 3.02. The van der Waals surface area contributed by atoms with Crippen molar-refractivity contribution >= 4 is 22.8 Å². The van der Waals surface area contributed by atoms with Crippen molar-refractivity contribution in [3.05, 3.63) is 59.5 Å². The molecule has 0 radical (unpaired) electrons. The second-order valence-electron chi connectivity index (χ2n) is 9.29. The average Bonchev–Trinajstić information content (AvgIpc) is 3.57. The molecule has 3 atom stereocenters. The molecule has 3 aromatic rings. The van der Waals surface area contributed by atoms with E-state index in [1.807, 2.05) is 6.07 Å². The molecule has 2 aromatic carbocycles. The lowest BCUT2D eigenvalue weighted by Gasteiger charge is -2.26. The van der Waals surface area contributed by atoms with Crippen LogP contribution in [0, 0.1) is 11.7 Å². The Morgan fingerprint density at radius 1 is 1.21 bits per heavy atom. The minimum atomic E-state index is -0.444. The summed E-state index contributed by atoms with van der Waals surface area (Å²) < 4.78 is 19.5. The van der Waals surface area contributed by atoms with Crippen LogP contribution < -0.4 is 20.7 Å². The quantitative estimate of drug-likeness (QED) is 0.464. The number of ether oxygens (including phenoxy) is 1. The first-order chi connectivity index (χ1) is 16.5. The van der Waals surface area contributed by atoms with E-state index < -0.39 is 5.82 Å². The van der Waals surface area contributed by atoms with Crippen LogP contribution in [0.15, 0.2) is 42.6 Å². The largest absolute Gasteiger partial charge is 0.494 e. The van der Waals surface area contributed by atoms with E-state index >= 15 is 0 Å². The Bertz CT molecular complexity index is 1190. The van der Waals surface area contributed by atoms with Crippen LogP contribution in [0.25, 0.3) is 10.9 Å². The van der Waals surface area contributed by atoms with Crippen LogP contribution in [0.5, 0.6) is 5.75 Å². The van der Waals surface area contributed by atoms with Crippen molar-refractivity contribution in [1.82, 2.24) is 20.6 Å². The van der Waals surface area contributed by atoms with Crippen molar-refractivity contribution in [3.8, 4) is 5.75 Å². The Kier molecular flexibility index (Phi) is 6.32. The smallest absolute Gasteiger partial charge is 0.251 e. The fraction of sp³-hybridized carbons (Fsp3) is 0.423. The first kappa shape index (κ1) is 22.5. The number of halogens is 1. The summed E-state index contributed by atoms with van der Waals surface area (Å²) in [6, 6.07) is 10.2.